The van der Waals surface area contributed by atoms with E-state index in [1.54, 1.807) is 0 Å². The van der Waals surface area contributed by atoms with Gasteiger partial charge in [-0.2, -0.15) is 5.10 Å². The van der Waals surface area contributed by atoms with Crippen LogP contribution in [0, 0.1) is 6.92 Å². The maximum Gasteiger partial charge on any atom is 0.247 e. The molecule has 78 valence electrons. The second-order valence-corrected chi connectivity index (χ2v) is 3.83. The molecule has 0 unspecified atom stereocenters. The van der Waals surface area contributed by atoms with E-state index in [4.69, 9.17) is 0 Å². The maximum absolute atomic E-state index is 11.7. The normalized spacial score (nSPS) is 16.5. The Labute approximate surface area is 89.4 Å². The second kappa shape index (κ2) is 3.85. The number of anilines is 1. The van der Waals surface area contributed by atoms with E-state index in [1.165, 1.54) is 5.01 Å². The number of benzene rings is 1. The molecule has 0 radical (unpaired) electrons. The van der Waals surface area contributed by atoms with Gasteiger partial charge in [-0.3, -0.25) is 4.79 Å². The summed E-state index contributed by atoms with van der Waals surface area (Å²) in [7, 11) is 0. The van der Waals surface area contributed by atoms with Gasteiger partial charge in [0.05, 0.1) is 5.69 Å². The van der Waals surface area contributed by atoms with Crippen LogP contribution < -0.4 is 5.01 Å². The van der Waals surface area contributed by atoms with Crippen molar-refractivity contribution in [2.24, 2.45) is 5.10 Å². The molecule has 0 bridgehead atoms. The van der Waals surface area contributed by atoms with E-state index < -0.39 is 0 Å². The molecule has 1 aromatic carbocycles. The number of rotatable bonds is 1. The Bertz CT molecular complexity index is 423. The number of hydrazone groups is 1. The van der Waals surface area contributed by atoms with Crippen molar-refractivity contribution in [1.82, 2.24) is 0 Å². The van der Waals surface area contributed by atoms with Gasteiger partial charge < -0.3 is 0 Å². The first-order chi connectivity index (χ1) is 7.18. The van der Waals surface area contributed by atoms with Crippen LogP contribution in [-0.2, 0) is 4.79 Å². The lowest BCUT2D eigenvalue weighted by Gasteiger charge is -2.23. The number of nitrogens with zero attached hydrogens (tertiary/aromatic N) is 2. The van der Waals surface area contributed by atoms with E-state index in [2.05, 4.69) is 5.10 Å². The molecule has 1 heterocycles. The van der Waals surface area contributed by atoms with E-state index in [-0.39, 0.29) is 5.91 Å². The van der Waals surface area contributed by atoms with Crippen molar-refractivity contribution in [2.45, 2.75) is 26.7 Å². The number of hydrogen-bond donors (Lipinski definition) is 0. The van der Waals surface area contributed by atoms with Crippen molar-refractivity contribution in [3.05, 3.63) is 29.8 Å². The van der Waals surface area contributed by atoms with E-state index in [0.717, 1.165) is 23.4 Å². The first-order valence-corrected chi connectivity index (χ1v) is 5.11. The minimum absolute atomic E-state index is 0.0786. The lowest BCUT2D eigenvalue weighted by atomic mass is 10.1. The fraction of sp³-hybridized carbons (Fsp3) is 0.333. The number of para-hydroxylation sites is 1. The van der Waals surface area contributed by atoms with Crippen LogP contribution in [0.15, 0.2) is 29.4 Å². The van der Waals surface area contributed by atoms with Crippen LogP contribution in [0.4, 0.5) is 5.69 Å². The molecule has 2 rings (SSSR count). The Hall–Kier alpha value is -1.64. The number of hydrogen-bond acceptors (Lipinski definition) is 2. The van der Waals surface area contributed by atoms with Crippen LogP contribution in [0.1, 0.15) is 25.3 Å². The lowest BCUT2D eigenvalue weighted by molar-refractivity contribution is -0.118. The van der Waals surface area contributed by atoms with Crippen LogP contribution in [0.5, 0.6) is 0 Å². The van der Waals surface area contributed by atoms with Gasteiger partial charge >= 0.3 is 0 Å². The summed E-state index contributed by atoms with van der Waals surface area (Å²) >= 11 is 0. The van der Waals surface area contributed by atoms with E-state index in [9.17, 15) is 4.79 Å². The zero-order valence-electron chi connectivity index (χ0n) is 9.03. The van der Waals surface area contributed by atoms with Gasteiger partial charge in [0.25, 0.3) is 0 Å². The predicted molar refractivity (Wildman–Crippen MR) is 61.0 cm³/mol. The standard InChI is InChI=1S/C12H14N2O/c1-9-5-3-4-6-11(9)14-12(15)8-7-10(2)13-14/h3-6H,7-8H2,1-2H3. The zero-order valence-corrected chi connectivity index (χ0v) is 9.03. The van der Waals surface area contributed by atoms with Crippen LogP contribution in [0.3, 0.4) is 0 Å². The summed E-state index contributed by atoms with van der Waals surface area (Å²) in [4.78, 5) is 11.7. The first-order valence-electron chi connectivity index (χ1n) is 5.11. The quantitative estimate of drug-likeness (QED) is 0.688. The number of aryl methyl sites for hydroxylation is 1. The Morgan fingerprint density at radius 1 is 1.20 bits per heavy atom. The SMILES string of the molecule is CC1=NN(c2ccccc2C)C(=O)CC1. The van der Waals surface area contributed by atoms with Gasteiger partial charge in [0.15, 0.2) is 0 Å². The first kappa shape index (κ1) is 9.90. The summed E-state index contributed by atoms with van der Waals surface area (Å²) in [6.45, 7) is 3.94. The molecule has 0 fully saturated rings. The Kier molecular flexibility index (Phi) is 2.54. The maximum atomic E-state index is 11.7. The van der Waals surface area contributed by atoms with E-state index >= 15 is 0 Å². The molecule has 1 aliphatic rings. The average molecular weight is 202 g/mol. The summed E-state index contributed by atoms with van der Waals surface area (Å²) in [6.07, 6.45) is 1.34. The lowest BCUT2D eigenvalue weighted by Crippen LogP contribution is -2.31. The third-order valence-corrected chi connectivity index (χ3v) is 2.55. The van der Waals surface area contributed by atoms with Crippen LogP contribution in [0.25, 0.3) is 0 Å². The predicted octanol–water partition coefficient (Wildman–Crippen LogP) is 2.50. The molecule has 1 aliphatic heterocycles. The highest BCUT2D eigenvalue weighted by atomic mass is 16.2. The Morgan fingerprint density at radius 3 is 2.67 bits per heavy atom. The molecule has 1 amide bonds. The molecule has 3 heteroatoms. The van der Waals surface area contributed by atoms with Crippen molar-refractivity contribution in [2.75, 3.05) is 5.01 Å². The van der Waals surface area contributed by atoms with Crippen molar-refractivity contribution >= 4 is 17.3 Å². The molecular weight excluding hydrogens is 188 g/mol. The van der Waals surface area contributed by atoms with Crippen molar-refractivity contribution in [3.63, 3.8) is 0 Å². The minimum Gasteiger partial charge on any atom is -0.273 e. The van der Waals surface area contributed by atoms with Crippen molar-refractivity contribution in [1.29, 1.82) is 0 Å². The summed E-state index contributed by atoms with van der Waals surface area (Å²) < 4.78 is 0. The summed E-state index contributed by atoms with van der Waals surface area (Å²) in [5, 5.41) is 5.82. The molecule has 0 N–H and O–H groups in total. The molecule has 3 nitrogen and oxygen atoms in total. The number of amides is 1. The highest BCUT2D eigenvalue weighted by Crippen LogP contribution is 2.23. The molecule has 0 saturated carbocycles. The van der Waals surface area contributed by atoms with Crippen LogP contribution in [-0.4, -0.2) is 11.6 Å². The Balaban J connectivity index is 2.42. The fourth-order valence-corrected chi connectivity index (χ4v) is 1.66. The third-order valence-electron chi connectivity index (χ3n) is 2.55. The molecule has 0 saturated heterocycles. The zero-order chi connectivity index (χ0) is 10.8. The Morgan fingerprint density at radius 2 is 1.93 bits per heavy atom. The van der Waals surface area contributed by atoms with Crippen LogP contribution >= 0.6 is 0 Å². The topological polar surface area (TPSA) is 32.7 Å². The smallest absolute Gasteiger partial charge is 0.247 e. The van der Waals surface area contributed by atoms with Gasteiger partial charge in [0, 0.05) is 12.1 Å². The molecule has 0 atom stereocenters. The summed E-state index contributed by atoms with van der Waals surface area (Å²) in [6, 6.07) is 7.80. The van der Waals surface area contributed by atoms with Crippen molar-refractivity contribution in [3.8, 4) is 0 Å². The fourth-order valence-electron chi connectivity index (χ4n) is 1.66. The van der Waals surface area contributed by atoms with Gasteiger partial charge in [0.1, 0.15) is 0 Å². The van der Waals surface area contributed by atoms with Gasteiger partial charge in [-0.25, -0.2) is 5.01 Å². The third kappa shape index (κ3) is 1.91. The molecule has 0 spiro atoms. The van der Waals surface area contributed by atoms with Crippen LogP contribution in [0.2, 0.25) is 0 Å². The largest absolute Gasteiger partial charge is 0.273 e. The monoisotopic (exact) mass is 202 g/mol. The summed E-state index contributed by atoms with van der Waals surface area (Å²) in [5.41, 5.74) is 2.98. The molecule has 0 aliphatic carbocycles. The summed E-state index contributed by atoms with van der Waals surface area (Å²) in [5.74, 6) is 0.0786. The molecule has 1 aromatic rings. The van der Waals surface area contributed by atoms with Gasteiger partial charge in [-0.15, -0.1) is 0 Å². The van der Waals surface area contributed by atoms with E-state index in [0.29, 0.717) is 6.42 Å². The molecule has 0 aromatic heterocycles. The van der Waals surface area contributed by atoms with E-state index in [1.807, 2.05) is 38.1 Å². The minimum atomic E-state index is 0.0786. The van der Waals surface area contributed by atoms with Gasteiger partial charge in [-0.1, -0.05) is 18.2 Å². The van der Waals surface area contributed by atoms with Crippen molar-refractivity contribution < 1.29 is 4.79 Å². The average Bonchev–Trinajstić information content (AvgIpc) is 2.23. The molecule has 15 heavy (non-hydrogen) atoms. The highest BCUT2D eigenvalue weighted by Gasteiger charge is 2.20. The number of carbonyl (C=O) groups excluding carboxylic acids is 1. The second-order valence-electron chi connectivity index (χ2n) is 3.83. The molecular formula is C12H14N2O. The highest BCUT2D eigenvalue weighted by molar-refractivity contribution is 6.01. The number of carbonyl (C=O) groups is 1. The van der Waals surface area contributed by atoms with Gasteiger partial charge in [0.2, 0.25) is 5.91 Å². The van der Waals surface area contributed by atoms with Gasteiger partial charge in [-0.05, 0) is 31.9 Å².